The first kappa shape index (κ1) is 23.8. The van der Waals surface area contributed by atoms with Crippen LogP contribution in [0.15, 0.2) is 59.5 Å². The van der Waals surface area contributed by atoms with Gasteiger partial charge in [-0.1, -0.05) is 34.8 Å². The maximum atomic E-state index is 13.4. The third kappa shape index (κ3) is 5.29. The summed E-state index contributed by atoms with van der Waals surface area (Å²) in [5.74, 6) is 5.51. The molecule has 0 aromatic heterocycles. The molecule has 0 bridgehead atoms. The number of hydroxylamine groups is 1. The molecule has 172 valence electrons. The van der Waals surface area contributed by atoms with E-state index >= 15 is 0 Å². The number of carbonyl (C=O) groups is 1. The molecule has 1 saturated heterocycles. The highest BCUT2D eigenvalue weighted by molar-refractivity contribution is 7.89. The molecule has 11 nitrogen and oxygen atoms in total. The molecule has 32 heavy (non-hydrogen) atoms. The molecule has 0 amide bonds. The standard InChI is InChI=1S/C20H24N4O7S/c1-30-20(25)19-12-9-17(13-22(19)21)24(31-14-15-5-3-2-4-6-15)32(28,29)18-10-7-16(8-11-18)23(26)27/h2-8,10-11,17,19H,9,12-14,21H2,1H3/t17-,19-/m1/s1. The van der Waals surface area contributed by atoms with E-state index in [1.54, 1.807) is 24.3 Å². The topological polar surface area (TPSA) is 145 Å². The lowest BCUT2D eigenvalue weighted by Gasteiger charge is -2.39. The fourth-order valence-electron chi connectivity index (χ4n) is 3.47. The first-order valence-electron chi connectivity index (χ1n) is 9.79. The highest BCUT2D eigenvalue weighted by Crippen LogP contribution is 2.27. The van der Waals surface area contributed by atoms with Gasteiger partial charge in [0.05, 0.1) is 29.6 Å². The quantitative estimate of drug-likeness (QED) is 0.266. The van der Waals surface area contributed by atoms with Gasteiger partial charge in [0, 0.05) is 18.7 Å². The summed E-state index contributed by atoms with van der Waals surface area (Å²) in [6.45, 7) is 0.00925. The van der Waals surface area contributed by atoms with Crippen LogP contribution in [0.5, 0.6) is 0 Å². The lowest BCUT2D eigenvalue weighted by atomic mass is 10.0. The van der Waals surface area contributed by atoms with Crippen LogP contribution in [0.25, 0.3) is 0 Å². The van der Waals surface area contributed by atoms with Crippen molar-refractivity contribution in [2.24, 2.45) is 5.84 Å². The number of hydrogen-bond acceptors (Lipinski definition) is 9. The molecule has 1 fully saturated rings. The van der Waals surface area contributed by atoms with Gasteiger partial charge in [-0.05, 0) is 30.5 Å². The van der Waals surface area contributed by atoms with E-state index in [1.165, 1.54) is 12.1 Å². The van der Waals surface area contributed by atoms with Crippen molar-refractivity contribution in [1.82, 2.24) is 9.48 Å². The van der Waals surface area contributed by atoms with Crippen molar-refractivity contribution in [3.05, 3.63) is 70.3 Å². The summed E-state index contributed by atoms with van der Waals surface area (Å²) in [4.78, 5) is 27.8. The summed E-state index contributed by atoms with van der Waals surface area (Å²) in [5.41, 5.74) is 0.525. The number of hydrazine groups is 1. The maximum absolute atomic E-state index is 13.4. The van der Waals surface area contributed by atoms with Crippen molar-refractivity contribution in [1.29, 1.82) is 0 Å². The van der Waals surface area contributed by atoms with E-state index in [2.05, 4.69) is 0 Å². The molecule has 2 N–H and O–H groups in total. The predicted molar refractivity (Wildman–Crippen MR) is 113 cm³/mol. The second-order valence-corrected chi connectivity index (χ2v) is 9.02. The fraction of sp³-hybridized carbons (Fsp3) is 0.350. The Labute approximate surface area is 185 Å². The van der Waals surface area contributed by atoms with Crippen LogP contribution in [0.1, 0.15) is 18.4 Å². The van der Waals surface area contributed by atoms with Crippen LogP contribution in [0, 0.1) is 10.1 Å². The van der Waals surface area contributed by atoms with Gasteiger partial charge in [-0.25, -0.2) is 13.4 Å². The summed E-state index contributed by atoms with van der Waals surface area (Å²) in [6.07, 6.45) is 0.573. The molecule has 0 radical (unpaired) electrons. The molecule has 0 unspecified atom stereocenters. The molecule has 1 heterocycles. The highest BCUT2D eigenvalue weighted by Gasteiger charge is 2.40. The molecule has 12 heteroatoms. The Morgan fingerprint density at radius 2 is 1.84 bits per heavy atom. The number of methoxy groups -OCH3 is 1. The van der Waals surface area contributed by atoms with Crippen molar-refractivity contribution < 1.29 is 27.7 Å². The molecule has 2 aromatic carbocycles. The van der Waals surface area contributed by atoms with Gasteiger partial charge in [-0.2, -0.15) is 0 Å². The Balaban J connectivity index is 1.88. The number of esters is 1. The molecule has 2 atom stereocenters. The predicted octanol–water partition coefficient (Wildman–Crippen LogP) is 1.60. The van der Waals surface area contributed by atoms with Crippen molar-refractivity contribution in [3.8, 4) is 0 Å². The van der Waals surface area contributed by atoms with Gasteiger partial charge in [0.25, 0.3) is 15.7 Å². The minimum Gasteiger partial charge on any atom is -0.468 e. The summed E-state index contributed by atoms with van der Waals surface area (Å²) < 4.78 is 32.4. The zero-order chi connectivity index (χ0) is 23.3. The smallest absolute Gasteiger partial charge is 0.324 e. The largest absolute Gasteiger partial charge is 0.468 e. The Kier molecular flexibility index (Phi) is 7.53. The maximum Gasteiger partial charge on any atom is 0.324 e. The van der Waals surface area contributed by atoms with Crippen LogP contribution in [-0.2, 0) is 31.0 Å². The van der Waals surface area contributed by atoms with E-state index in [-0.39, 0.29) is 30.2 Å². The van der Waals surface area contributed by atoms with Crippen molar-refractivity contribution in [2.75, 3.05) is 13.7 Å². The molecular formula is C20H24N4O7S. The number of piperidine rings is 1. The number of nitro benzene ring substituents is 1. The number of carbonyl (C=O) groups excluding carboxylic acids is 1. The monoisotopic (exact) mass is 464 g/mol. The van der Waals surface area contributed by atoms with Crippen LogP contribution >= 0.6 is 0 Å². The van der Waals surface area contributed by atoms with Crippen LogP contribution < -0.4 is 5.84 Å². The molecule has 1 aliphatic rings. The minimum absolute atomic E-state index is 0.0193. The van der Waals surface area contributed by atoms with Crippen molar-refractivity contribution in [2.45, 2.75) is 36.4 Å². The number of benzene rings is 2. The first-order valence-corrected chi connectivity index (χ1v) is 11.2. The summed E-state index contributed by atoms with van der Waals surface area (Å²) >= 11 is 0. The second kappa shape index (κ2) is 10.1. The summed E-state index contributed by atoms with van der Waals surface area (Å²) in [7, 11) is -2.93. The van der Waals surface area contributed by atoms with Crippen LogP contribution in [0.4, 0.5) is 5.69 Å². The van der Waals surface area contributed by atoms with E-state index in [4.69, 9.17) is 15.4 Å². The van der Waals surface area contributed by atoms with Gasteiger partial charge >= 0.3 is 5.97 Å². The zero-order valence-electron chi connectivity index (χ0n) is 17.4. The number of hydrogen-bond donors (Lipinski definition) is 1. The third-order valence-electron chi connectivity index (χ3n) is 5.15. The van der Waals surface area contributed by atoms with Gasteiger partial charge in [0.1, 0.15) is 6.04 Å². The van der Waals surface area contributed by atoms with Gasteiger partial charge in [-0.15, -0.1) is 0 Å². The van der Waals surface area contributed by atoms with Gasteiger partial charge in [0.2, 0.25) is 0 Å². The Morgan fingerprint density at radius 1 is 1.19 bits per heavy atom. The second-order valence-electron chi connectivity index (χ2n) is 7.24. The average molecular weight is 465 g/mol. The number of nitrogens with two attached hydrogens (primary N) is 1. The Hall–Kier alpha value is -2.90. The Bertz CT molecular complexity index is 1050. The lowest BCUT2D eigenvalue weighted by molar-refractivity contribution is -0.384. The normalized spacial score (nSPS) is 19.6. The third-order valence-corrected chi connectivity index (χ3v) is 6.90. The number of sulfonamides is 1. The highest BCUT2D eigenvalue weighted by atomic mass is 32.2. The van der Waals surface area contributed by atoms with Crippen LogP contribution in [-0.4, -0.2) is 54.5 Å². The van der Waals surface area contributed by atoms with Gasteiger partial charge in [-0.3, -0.25) is 25.6 Å². The fourth-order valence-corrected chi connectivity index (χ4v) is 4.91. The molecule has 2 aromatic rings. The van der Waals surface area contributed by atoms with E-state index in [0.717, 1.165) is 34.3 Å². The molecule has 3 rings (SSSR count). The van der Waals surface area contributed by atoms with Crippen LogP contribution in [0.3, 0.4) is 0 Å². The van der Waals surface area contributed by atoms with E-state index in [0.29, 0.717) is 6.42 Å². The number of nitrogens with zero attached hydrogens (tertiary/aromatic N) is 3. The number of non-ortho nitro benzene ring substituents is 1. The van der Waals surface area contributed by atoms with Crippen molar-refractivity contribution in [3.63, 3.8) is 0 Å². The molecule has 0 spiro atoms. The molecule has 0 aliphatic carbocycles. The first-order chi connectivity index (χ1) is 15.2. The zero-order valence-corrected chi connectivity index (χ0v) is 18.2. The Morgan fingerprint density at radius 3 is 2.41 bits per heavy atom. The summed E-state index contributed by atoms with van der Waals surface area (Å²) in [5, 5.41) is 12.2. The van der Waals surface area contributed by atoms with E-state index < -0.39 is 33.0 Å². The number of ether oxygens (including phenoxy) is 1. The average Bonchev–Trinajstić information content (AvgIpc) is 2.79. The van der Waals surface area contributed by atoms with Gasteiger partial charge < -0.3 is 4.74 Å². The number of rotatable bonds is 8. The van der Waals surface area contributed by atoms with Crippen LogP contribution in [0.2, 0.25) is 0 Å². The van der Waals surface area contributed by atoms with Gasteiger partial charge in [0.15, 0.2) is 0 Å². The molecular weight excluding hydrogens is 440 g/mol. The molecule has 0 saturated carbocycles. The van der Waals surface area contributed by atoms with E-state index in [9.17, 15) is 23.3 Å². The minimum atomic E-state index is -4.19. The van der Waals surface area contributed by atoms with E-state index in [1.807, 2.05) is 6.07 Å². The molecule has 1 aliphatic heterocycles. The summed E-state index contributed by atoms with van der Waals surface area (Å²) in [6, 6.07) is 12.2. The number of nitro groups is 1. The SMILES string of the molecule is COC(=O)[C@H]1CC[C@@H](N(OCc2ccccc2)S(=O)(=O)c2ccc([N+](=O)[O-])cc2)CN1N. The lowest BCUT2D eigenvalue weighted by Crippen LogP contribution is -2.58. The van der Waals surface area contributed by atoms with Crippen molar-refractivity contribution >= 4 is 21.7 Å².